The number of carbonyl (C=O) groups excluding carboxylic acids is 1. The molecule has 1 saturated carbocycles. The molecule has 0 radical (unpaired) electrons. The smallest absolute Gasteiger partial charge is 0.276 e. The number of amides is 1. The Bertz CT molecular complexity index is 947. The number of anilines is 1. The molecule has 4 rings (SSSR count). The first kappa shape index (κ1) is 17.1. The topological polar surface area (TPSA) is 90.3 Å². The first-order chi connectivity index (χ1) is 12.4. The highest BCUT2D eigenvalue weighted by Gasteiger charge is 2.36. The Balaban J connectivity index is 1.58. The van der Waals surface area contributed by atoms with E-state index in [0.717, 1.165) is 18.5 Å². The van der Waals surface area contributed by atoms with Crippen LogP contribution in [0.2, 0.25) is 0 Å². The van der Waals surface area contributed by atoms with E-state index in [-0.39, 0.29) is 23.5 Å². The standard InChI is InChI=1S/C18H21N3O4S/c1-25-15-4-2-3-13(9-15)19-18(22)16-10-17(12-5-6-12)21(20-16)14-7-8-26(23,24)11-14/h2-4,9-10,12,14H,5-8,11H2,1H3,(H,19,22). The Hall–Kier alpha value is -2.35. The first-order valence-corrected chi connectivity index (χ1v) is 10.5. The van der Waals surface area contributed by atoms with Crippen molar-refractivity contribution in [3.8, 4) is 5.75 Å². The highest BCUT2D eigenvalue weighted by Crippen LogP contribution is 2.42. The zero-order valence-corrected chi connectivity index (χ0v) is 15.3. The average molecular weight is 375 g/mol. The second-order valence-corrected chi connectivity index (χ2v) is 9.14. The molecule has 2 aliphatic rings. The number of aromatic nitrogens is 2. The van der Waals surface area contributed by atoms with E-state index in [1.165, 1.54) is 0 Å². The minimum atomic E-state index is -3.01. The fourth-order valence-corrected chi connectivity index (χ4v) is 5.05. The SMILES string of the molecule is COc1cccc(NC(=O)c2cc(C3CC3)n(C3CCS(=O)(=O)C3)n2)c1. The summed E-state index contributed by atoms with van der Waals surface area (Å²) in [7, 11) is -1.44. The molecule has 2 heterocycles. The van der Waals surface area contributed by atoms with Gasteiger partial charge in [-0.05, 0) is 37.5 Å². The van der Waals surface area contributed by atoms with E-state index in [0.29, 0.717) is 29.5 Å². The molecule has 1 aliphatic carbocycles. The van der Waals surface area contributed by atoms with Gasteiger partial charge in [-0.25, -0.2) is 8.42 Å². The lowest BCUT2D eigenvalue weighted by molar-refractivity contribution is 0.102. The Labute approximate surface area is 152 Å². The lowest BCUT2D eigenvalue weighted by atomic mass is 10.2. The lowest BCUT2D eigenvalue weighted by Crippen LogP contribution is -2.17. The molecule has 1 atom stereocenters. The second kappa shape index (κ2) is 6.42. The van der Waals surface area contributed by atoms with Crippen molar-refractivity contribution in [1.29, 1.82) is 0 Å². The largest absolute Gasteiger partial charge is 0.497 e. The van der Waals surface area contributed by atoms with E-state index in [9.17, 15) is 13.2 Å². The molecule has 1 N–H and O–H groups in total. The van der Waals surface area contributed by atoms with E-state index in [4.69, 9.17) is 4.74 Å². The van der Waals surface area contributed by atoms with Crippen LogP contribution < -0.4 is 10.1 Å². The van der Waals surface area contributed by atoms with Gasteiger partial charge in [0.2, 0.25) is 0 Å². The molecule has 7 nitrogen and oxygen atoms in total. The summed E-state index contributed by atoms with van der Waals surface area (Å²) in [6.45, 7) is 0. The van der Waals surface area contributed by atoms with E-state index < -0.39 is 9.84 Å². The molecule has 1 saturated heterocycles. The Morgan fingerprint density at radius 2 is 2.08 bits per heavy atom. The maximum atomic E-state index is 12.6. The van der Waals surface area contributed by atoms with Gasteiger partial charge in [0.1, 0.15) is 5.75 Å². The van der Waals surface area contributed by atoms with Crippen LogP contribution in [0.25, 0.3) is 0 Å². The van der Waals surface area contributed by atoms with Crippen LogP contribution >= 0.6 is 0 Å². The van der Waals surface area contributed by atoms with Crippen LogP contribution in [0.4, 0.5) is 5.69 Å². The molecule has 2 aromatic rings. The van der Waals surface area contributed by atoms with Gasteiger partial charge < -0.3 is 10.1 Å². The zero-order valence-electron chi connectivity index (χ0n) is 14.5. The van der Waals surface area contributed by atoms with Crippen LogP contribution in [0.1, 0.15) is 47.4 Å². The van der Waals surface area contributed by atoms with E-state index in [2.05, 4.69) is 10.4 Å². The van der Waals surface area contributed by atoms with Gasteiger partial charge in [-0.2, -0.15) is 5.10 Å². The molecule has 138 valence electrons. The Morgan fingerprint density at radius 3 is 2.73 bits per heavy atom. The third-order valence-electron chi connectivity index (χ3n) is 4.87. The van der Waals surface area contributed by atoms with Crippen LogP contribution in [0.15, 0.2) is 30.3 Å². The Morgan fingerprint density at radius 1 is 1.27 bits per heavy atom. The van der Waals surface area contributed by atoms with Crippen molar-refractivity contribution in [3.63, 3.8) is 0 Å². The summed E-state index contributed by atoms with van der Waals surface area (Å²) in [5.74, 6) is 1.02. The zero-order chi connectivity index (χ0) is 18.3. The lowest BCUT2D eigenvalue weighted by Gasteiger charge is -2.12. The third-order valence-corrected chi connectivity index (χ3v) is 6.63. The van der Waals surface area contributed by atoms with Crippen molar-refractivity contribution in [2.24, 2.45) is 0 Å². The van der Waals surface area contributed by atoms with Gasteiger partial charge in [0.05, 0.1) is 24.7 Å². The molecule has 2 fully saturated rings. The van der Waals surface area contributed by atoms with Crippen LogP contribution in [0.5, 0.6) is 5.75 Å². The molecule has 1 aromatic carbocycles. The van der Waals surface area contributed by atoms with Crippen molar-refractivity contribution < 1.29 is 17.9 Å². The Kier molecular flexibility index (Phi) is 4.22. The summed E-state index contributed by atoms with van der Waals surface area (Å²) in [5, 5.41) is 7.29. The predicted molar refractivity (Wildman–Crippen MR) is 97.5 cm³/mol. The fourth-order valence-electron chi connectivity index (χ4n) is 3.36. The molecule has 1 aromatic heterocycles. The summed E-state index contributed by atoms with van der Waals surface area (Å²) in [6, 6.07) is 8.75. The van der Waals surface area contributed by atoms with Crippen molar-refractivity contribution >= 4 is 21.4 Å². The van der Waals surface area contributed by atoms with Gasteiger partial charge in [-0.15, -0.1) is 0 Å². The predicted octanol–water partition coefficient (Wildman–Crippen LogP) is 2.38. The number of nitrogens with zero attached hydrogens (tertiary/aromatic N) is 2. The summed E-state index contributed by atoms with van der Waals surface area (Å²) >= 11 is 0. The molecule has 8 heteroatoms. The number of carbonyl (C=O) groups is 1. The first-order valence-electron chi connectivity index (χ1n) is 8.70. The van der Waals surface area contributed by atoms with Gasteiger partial charge in [-0.1, -0.05) is 6.07 Å². The molecule has 0 bridgehead atoms. The van der Waals surface area contributed by atoms with Crippen molar-refractivity contribution in [2.75, 3.05) is 23.9 Å². The number of benzene rings is 1. The van der Waals surface area contributed by atoms with E-state index >= 15 is 0 Å². The highest BCUT2D eigenvalue weighted by atomic mass is 32.2. The van der Waals surface area contributed by atoms with E-state index in [1.807, 2.05) is 0 Å². The molecular formula is C18H21N3O4S. The van der Waals surface area contributed by atoms with Gasteiger partial charge in [0.15, 0.2) is 15.5 Å². The van der Waals surface area contributed by atoms with Crippen LogP contribution in [-0.4, -0.2) is 42.7 Å². The summed E-state index contributed by atoms with van der Waals surface area (Å²) in [4.78, 5) is 12.6. The normalized spacial score (nSPS) is 21.5. The maximum Gasteiger partial charge on any atom is 0.276 e. The quantitative estimate of drug-likeness (QED) is 0.866. The van der Waals surface area contributed by atoms with Gasteiger partial charge >= 0.3 is 0 Å². The third kappa shape index (κ3) is 3.46. The van der Waals surface area contributed by atoms with Gasteiger partial charge in [0.25, 0.3) is 5.91 Å². The maximum absolute atomic E-state index is 12.6. The number of nitrogens with one attached hydrogen (secondary N) is 1. The number of ether oxygens (including phenoxy) is 1. The minimum Gasteiger partial charge on any atom is -0.497 e. The van der Waals surface area contributed by atoms with Gasteiger partial charge in [-0.3, -0.25) is 9.48 Å². The van der Waals surface area contributed by atoms with Crippen molar-refractivity contribution in [1.82, 2.24) is 9.78 Å². The second-order valence-electron chi connectivity index (χ2n) is 6.92. The number of hydrogen-bond donors (Lipinski definition) is 1. The summed E-state index contributed by atoms with van der Waals surface area (Å²) < 4.78 is 30.6. The molecule has 1 unspecified atom stereocenters. The molecule has 26 heavy (non-hydrogen) atoms. The summed E-state index contributed by atoms with van der Waals surface area (Å²) in [6.07, 6.45) is 2.67. The number of methoxy groups -OCH3 is 1. The van der Waals surface area contributed by atoms with Crippen LogP contribution in [0, 0.1) is 0 Å². The number of hydrogen-bond acceptors (Lipinski definition) is 5. The summed E-state index contributed by atoms with van der Waals surface area (Å²) in [5.41, 5.74) is 1.92. The number of sulfone groups is 1. The van der Waals surface area contributed by atoms with Crippen molar-refractivity contribution in [3.05, 3.63) is 41.7 Å². The molecule has 1 amide bonds. The van der Waals surface area contributed by atoms with Gasteiger partial charge in [0, 0.05) is 23.4 Å². The minimum absolute atomic E-state index is 0.103. The fraction of sp³-hybridized carbons (Fsp3) is 0.444. The average Bonchev–Trinajstić information content (AvgIpc) is 3.26. The molecule has 0 spiro atoms. The van der Waals surface area contributed by atoms with Crippen LogP contribution in [-0.2, 0) is 9.84 Å². The highest BCUT2D eigenvalue weighted by molar-refractivity contribution is 7.91. The monoisotopic (exact) mass is 375 g/mol. The van der Waals surface area contributed by atoms with Crippen LogP contribution in [0.3, 0.4) is 0 Å². The molecular weight excluding hydrogens is 354 g/mol. The number of rotatable bonds is 5. The molecule has 1 aliphatic heterocycles. The van der Waals surface area contributed by atoms with E-state index in [1.54, 1.807) is 42.1 Å². The van der Waals surface area contributed by atoms with Crippen molar-refractivity contribution in [2.45, 2.75) is 31.2 Å².